The molecular formula is C22H28N2O3S. The first kappa shape index (κ1) is 19.6. The first-order valence-corrected chi connectivity index (χ1v) is 11.6. The van der Waals surface area contributed by atoms with Gasteiger partial charge in [-0.1, -0.05) is 36.4 Å². The molecule has 150 valence electrons. The molecule has 0 radical (unpaired) electrons. The Hall–Kier alpha value is -1.73. The highest BCUT2D eigenvalue weighted by Gasteiger charge is 2.25. The van der Waals surface area contributed by atoms with Crippen LogP contribution in [0.15, 0.2) is 53.4 Å². The standard InChI is InChI=1S/C22H28N2O3S/c25-28(26,21-11-10-18-6-4-5-9-20(18)16-21)23-22(19-7-2-1-3-8-19)17-24-12-14-27-15-13-24/h1-3,7-8,10-11,16,22-23H,4-6,9,12-15,17H2/t22-/m1/s1. The molecule has 1 fully saturated rings. The first-order chi connectivity index (χ1) is 13.6. The summed E-state index contributed by atoms with van der Waals surface area (Å²) in [7, 11) is -3.60. The van der Waals surface area contributed by atoms with Crippen LogP contribution in [0.3, 0.4) is 0 Å². The van der Waals surface area contributed by atoms with Gasteiger partial charge in [0.1, 0.15) is 0 Å². The molecule has 0 amide bonds. The third-order valence-corrected chi connectivity index (χ3v) is 7.14. The Morgan fingerprint density at radius 2 is 1.68 bits per heavy atom. The van der Waals surface area contributed by atoms with Gasteiger partial charge in [0, 0.05) is 19.6 Å². The molecule has 0 aromatic heterocycles. The molecule has 1 heterocycles. The predicted octanol–water partition coefficient (Wildman–Crippen LogP) is 2.92. The topological polar surface area (TPSA) is 58.6 Å². The van der Waals surface area contributed by atoms with E-state index in [-0.39, 0.29) is 6.04 Å². The number of nitrogens with one attached hydrogen (secondary N) is 1. The highest BCUT2D eigenvalue weighted by molar-refractivity contribution is 7.89. The predicted molar refractivity (Wildman–Crippen MR) is 110 cm³/mol. The Kier molecular flexibility index (Phi) is 6.11. The van der Waals surface area contributed by atoms with Crippen LogP contribution in [0, 0.1) is 0 Å². The molecular weight excluding hydrogens is 372 g/mol. The smallest absolute Gasteiger partial charge is 0.241 e. The lowest BCUT2D eigenvalue weighted by molar-refractivity contribution is 0.0345. The van der Waals surface area contributed by atoms with Crippen molar-refractivity contribution in [1.29, 1.82) is 0 Å². The molecule has 1 N–H and O–H groups in total. The van der Waals surface area contributed by atoms with Crippen LogP contribution in [0.1, 0.15) is 35.6 Å². The van der Waals surface area contributed by atoms with E-state index in [0.29, 0.717) is 24.7 Å². The van der Waals surface area contributed by atoms with Crippen LogP contribution in [0.4, 0.5) is 0 Å². The van der Waals surface area contributed by atoms with Crippen molar-refractivity contribution in [3.05, 3.63) is 65.2 Å². The zero-order valence-corrected chi connectivity index (χ0v) is 17.0. The molecule has 1 aliphatic heterocycles. The van der Waals surface area contributed by atoms with Crippen molar-refractivity contribution in [2.24, 2.45) is 0 Å². The van der Waals surface area contributed by atoms with Crippen LogP contribution in [-0.2, 0) is 27.6 Å². The average molecular weight is 401 g/mol. The van der Waals surface area contributed by atoms with Crippen LogP contribution < -0.4 is 4.72 Å². The number of rotatable bonds is 6. The molecule has 0 spiro atoms. The summed E-state index contributed by atoms with van der Waals surface area (Å²) >= 11 is 0. The van der Waals surface area contributed by atoms with E-state index in [9.17, 15) is 8.42 Å². The number of ether oxygens (including phenoxy) is 1. The zero-order chi connectivity index (χ0) is 19.4. The van der Waals surface area contributed by atoms with Crippen LogP contribution in [0.25, 0.3) is 0 Å². The number of sulfonamides is 1. The fourth-order valence-electron chi connectivity index (χ4n) is 4.07. The van der Waals surface area contributed by atoms with Crippen molar-refractivity contribution in [2.75, 3.05) is 32.8 Å². The second kappa shape index (κ2) is 8.74. The monoisotopic (exact) mass is 400 g/mol. The molecule has 1 atom stereocenters. The van der Waals surface area contributed by atoms with Gasteiger partial charge in [0.05, 0.1) is 24.2 Å². The summed E-state index contributed by atoms with van der Waals surface area (Å²) in [5, 5.41) is 0. The summed E-state index contributed by atoms with van der Waals surface area (Å²) in [5.74, 6) is 0. The number of benzene rings is 2. The van der Waals surface area contributed by atoms with Gasteiger partial charge in [-0.3, -0.25) is 4.90 Å². The molecule has 2 aliphatic rings. The minimum absolute atomic E-state index is 0.291. The summed E-state index contributed by atoms with van der Waals surface area (Å²) in [6, 6.07) is 15.2. The zero-order valence-electron chi connectivity index (χ0n) is 16.1. The molecule has 0 saturated carbocycles. The van der Waals surface area contributed by atoms with E-state index in [1.165, 1.54) is 17.5 Å². The maximum Gasteiger partial charge on any atom is 0.241 e. The molecule has 2 aromatic rings. The Bertz CT molecular complexity index is 893. The normalized spacial score (nSPS) is 19.1. The average Bonchev–Trinajstić information content (AvgIpc) is 2.74. The largest absolute Gasteiger partial charge is 0.379 e. The van der Waals surface area contributed by atoms with Crippen LogP contribution in [-0.4, -0.2) is 46.2 Å². The Labute approximate surface area is 167 Å². The maximum absolute atomic E-state index is 13.2. The molecule has 5 nitrogen and oxygen atoms in total. The SMILES string of the molecule is O=S(=O)(N[C@H](CN1CCOCC1)c1ccccc1)c1ccc2c(c1)CCCC2. The molecule has 2 aromatic carbocycles. The lowest BCUT2D eigenvalue weighted by Crippen LogP contribution is -2.43. The summed E-state index contributed by atoms with van der Waals surface area (Å²) in [5.41, 5.74) is 3.45. The number of hydrogen-bond donors (Lipinski definition) is 1. The Morgan fingerprint density at radius 1 is 0.964 bits per heavy atom. The Morgan fingerprint density at radius 3 is 2.43 bits per heavy atom. The van der Waals surface area contributed by atoms with Crippen molar-refractivity contribution < 1.29 is 13.2 Å². The Balaban J connectivity index is 1.57. The summed E-state index contributed by atoms with van der Waals surface area (Å²) in [6.45, 7) is 3.67. The molecule has 6 heteroatoms. The number of aryl methyl sites for hydroxylation is 2. The molecule has 0 bridgehead atoms. The van der Waals surface area contributed by atoms with E-state index >= 15 is 0 Å². The van der Waals surface area contributed by atoms with E-state index in [1.807, 2.05) is 42.5 Å². The second-order valence-corrected chi connectivity index (χ2v) is 9.35. The third-order valence-electron chi connectivity index (χ3n) is 5.67. The van der Waals surface area contributed by atoms with Crippen LogP contribution >= 0.6 is 0 Å². The summed E-state index contributed by atoms with van der Waals surface area (Å²) in [4.78, 5) is 2.63. The quantitative estimate of drug-likeness (QED) is 0.810. The third kappa shape index (κ3) is 4.63. The first-order valence-electron chi connectivity index (χ1n) is 10.1. The minimum Gasteiger partial charge on any atom is -0.379 e. The van der Waals surface area contributed by atoms with Crippen LogP contribution in [0.2, 0.25) is 0 Å². The fourth-order valence-corrected chi connectivity index (χ4v) is 5.34. The van der Waals surface area contributed by atoms with E-state index < -0.39 is 10.0 Å². The van der Waals surface area contributed by atoms with Gasteiger partial charge in [-0.2, -0.15) is 0 Å². The van der Waals surface area contributed by atoms with Gasteiger partial charge in [0.15, 0.2) is 0 Å². The molecule has 28 heavy (non-hydrogen) atoms. The molecule has 1 aliphatic carbocycles. The van der Waals surface area contributed by atoms with Gasteiger partial charge in [-0.15, -0.1) is 0 Å². The van der Waals surface area contributed by atoms with Crippen molar-refractivity contribution in [3.63, 3.8) is 0 Å². The lowest BCUT2D eigenvalue weighted by atomic mass is 9.92. The highest BCUT2D eigenvalue weighted by Crippen LogP contribution is 2.25. The van der Waals surface area contributed by atoms with Crippen LogP contribution in [0.5, 0.6) is 0 Å². The van der Waals surface area contributed by atoms with Crippen molar-refractivity contribution in [2.45, 2.75) is 36.6 Å². The van der Waals surface area contributed by atoms with Gasteiger partial charge in [-0.05, 0) is 54.5 Å². The summed E-state index contributed by atoms with van der Waals surface area (Å²) < 4.78 is 34.8. The number of morpholine rings is 1. The number of fused-ring (bicyclic) bond motifs is 1. The van der Waals surface area contributed by atoms with Crippen molar-refractivity contribution in [3.8, 4) is 0 Å². The number of nitrogens with zero attached hydrogens (tertiary/aromatic N) is 1. The van der Waals surface area contributed by atoms with Gasteiger partial charge in [0.25, 0.3) is 0 Å². The van der Waals surface area contributed by atoms with E-state index in [0.717, 1.165) is 37.9 Å². The van der Waals surface area contributed by atoms with E-state index in [4.69, 9.17) is 4.74 Å². The van der Waals surface area contributed by atoms with Gasteiger partial charge < -0.3 is 4.74 Å². The second-order valence-electron chi connectivity index (χ2n) is 7.64. The van der Waals surface area contributed by atoms with E-state index in [1.54, 1.807) is 6.07 Å². The van der Waals surface area contributed by atoms with Crippen molar-refractivity contribution >= 4 is 10.0 Å². The molecule has 0 unspecified atom stereocenters. The van der Waals surface area contributed by atoms with Gasteiger partial charge >= 0.3 is 0 Å². The molecule has 4 rings (SSSR count). The van der Waals surface area contributed by atoms with Gasteiger partial charge in [0.2, 0.25) is 10.0 Å². The minimum atomic E-state index is -3.60. The van der Waals surface area contributed by atoms with Crippen molar-refractivity contribution in [1.82, 2.24) is 9.62 Å². The summed E-state index contributed by atoms with van der Waals surface area (Å²) in [6.07, 6.45) is 4.34. The van der Waals surface area contributed by atoms with E-state index in [2.05, 4.69) is 9.62 Å². The highest BCUT2D eigenvalue weighted by atomic mass is 32.2. The fraction of sp³-hybridized carbons (Fsp3) is 0.455. The lowest BCUT2D eigenvalue weighted by Gasteiger charge is -2.31. The van der Waals surface area contributed by atoms with Gasteiger partial charge in [-0.25, -0.2) is 13.1 Å². The maximum atomic E-state index is 13.2. The number of hydrogen-bond acceptors (Lipinski definition) is 4. The molecule has 1 saturated heterocycles.